The number of aryl methyl sites for hydroxylation is 9. The van der Waals surface area contributed by atoms with Gasteiger partial charge in [0.2, 0.25) is 0 Å². The lowest BCUT2D eigenvalue weighted by Gasteiger charge is -2.22. The molecule has 75 heavy (non-hydrogen) atoms. The summed E-state index contributed by atoms with van der Waals surface area (Å²) in [5, 5.41) is 5.55. The topological polar surface area (TPSA) is 0 Å². The number of thiophene rings is 1. The van der Waals surface area contributed by atoms with E-state index >= 15 is 0 Å². The van der Waals surface area contributed by atoms with Crippen molar-refractivity contribution in [2.75, 3.05) is 0 Å². The molecule has 0 saturated carbocycles. The van der Waals surface area contributed by atoms with Crippen LogP contribution in [0.4, 0.5) is 0 Å². The van der Waals surface area contributed by atoms with Crippen LogP contribution in [0.3, 0.4) is 0 Å². The maximum Gasteiger partial charge on any atom is 0.0384 e. The fourth-order valence-electron chi connectivity index (χ4n) is 10.6. The van der Waals surface area contributed by atoms with Crippen molar-refractivity contribution >= 4 is 42.3 Å². The Morgan fingerprint density at radius 3 is 1.48 bits per heavy atom. The van der Waals surface area contributed by atoms with Crippen molar-refractivity contribution in [2.45, 2.75) is 108 Å². The second-order valence-corrected chi connectivity index (χ2v) is 22.5. The molecule has 0 radical (unpaired) electrons. The van der Waals surface area contributed by atoms with E-state index in [-0.39, 0.29) is 5.41 Å². The van der Waals surface area contributed by atoms with Gasteiger partial charge in [0.05, 0.1) is 0 Å². The molecule has 0 spiro atoms. The van der Waals surface area contributed by atoms with Gasteiger partial charge < -0.3 is 0 Å². The highest BCUT2D eigenvalue weighted by molar-refractivity contribution is 7.26. The van der Waals surface area contributed by atoms with Gasteiger partial charge in [-0.1, -0.05) is 246 Å². The zero-order valence-corrected chi connectivity index (χ0v) is 47.6. The summed E-state index contributed by atoms with van der Waals surface area (Å²) in [5.41, 5.74) is 25.0. The van der Waals surface area contributed by atoms with E-state index < -0.39 is 0 Å². The van der Waals surface area contributed by atoms with Crippen molar-refractivity contribution in [1.29, 1.82) is 0 Å². The van der Waals surface area contributed by atoms with E-state index in [1.807, 2.05) is 29.5 Å². The molecule has 1 heteroatoms. The third-order valence-corrected chi connectivity index (χ3v) is 16.4. The minimum Gasteiger partial charge on any atom is -0.135 e. The molecule has 0 saturated heterocycles. The highest BCUT2D eigenvalue weighted by atomic mass is 32.1. The lowest BCUT2D eigenvalue weighted by molar-refractivity contribution is 0.659. The Kier molecular flexibility index (Phi) is 17.2. The van der Waals surface area contributed by atoms with E-state index in [9.17, 15) is 0 Å². The molecule has 11 aromatic rings. The van der Waals surface area contributed by atoms with Crippen LogP contribution in [-0.2, 0) is 11.8 Å². The van der Waals surface area contributed by atoms with Crippen molar-refractivity contribution < 1.29 is 0 Å². The van der Waals surface area contributed by atoms with E-state index in [1.165, 1.54) is 131 Å². The summed E-state index contributed by atoms with van der Waals surface area (Å²) in [6, 6.07) is 74.2. The molecule has 0 unspecified atom stereocenters. The molecular weight excluding hydrogens is 921 g/mol. The van der Waals surface area contributed by atoms with Gasteiger partial charge in [0.1, 0.15) is 0 Å². The predicted octanol–water partition coefficient (Wildman–Crippen LogP) is 21.7. The van der Waals surface area contributed by atoms with E-state index in [0.29, 0.717) is 5.92 Å². The third kappa shape index (κ3) is 12.1. The first kappa shape index (κ1) is 54.0. The molecule has 1 aliphatic rings. The Bertz CT molecular complexity index is 3730. The first-order valence-electron chi connectivity index (χ1n) is 26.9. The van der Waals surface area contributed by atoms with E-state index in [1.54, 1.807) is 0 Å². The fourth-order valence-corrected chi connectivity index (χ4v) is 11.8. The maximum absolute atomic E-state index is 2.40. The summed E-state index contributed by atoms with van der Waals surface area (Å²) in [7, 11) is 0. The highest BCUT2D eigenvalue weighted by Crippen LogP contribution is 2.52. The SMILES string of the molecule is CCc1ccc(-c2ccccc2C)c(C)c1.Cc1ccc2c(c1)C(C)(C)c1cc(C)c3ccccc3c1-2.Cc1cccc2c1sc1ccccc12.Cc1ccccc1.Cc1ccccc1-c1ccc(C(C)C)cc1C. The Morgan fingerprint density at radius 1 is 0.373 bits per heavy atom. The lowest BCUT2D eigenvalue weighted by atomic mass is 9.81. The lowest BCUT2D eigenvalue weighted by Crippen LogP contribution is -2.15. The van der Waals surface area contributed by atoms with Crippen LogP contribution < -0.4 is 0 Å². The van der Waals surface area contributed by atoms with Gasteiger partial charge in [0.25, 0.3) is 0 Å². The number of hydrogen-bond donors (Lipinski definition) is 0. The molecule has 1 aliphatic carbocycles. The standard InChI is InChI=1S/C21H20.C17H20.C16H18.C13H10S.C7H8/c1-13-9-10-17-18(11-13)21(3,4)19-12-14(2)15-7-5-6-8-16(15)20(17)19;1-12(2)15-9-10-17(14(4)11-15)16-8-6-5-7-13(16)3;1-4-14-9-10-16(13(3)11-14)15-8-6-5-7-12(15)2;1-9-5-4-7-11-10-6-2-3-8-12(10)14-13(9)11;1-7-5-3-2-4-6-7/h5-12H,1-4H3;5-12H,1-4H3;5-11H,4H2,1-3H3;2-8H,1H3;2-6H,1H3. The van der Waals surface area contributed by atoms with E-state index in [0.717, 1.165) is 6.42 Å². The quantitative estimate of drug-likeness (QED) is 0.165. The van der Waals surface area contributed by atoms with Gasteiger partial charge in [0.15, 0.2) is 0 Å². The molecule has 0 N–H and O–H groups in total. The normalized spacial score (nSPS) is 11.8. The largest absolute Gasteiger partial charge is 0.135 e. The second-order valence-electron chi connectivity index (χ2n) is 21.4. The van der Waals surface area contributed by atoms with Gasteiger partial charge in [-0.2, -0.15) is 0 Å². The van der Waals surface area contributed by atoms with Gasteiger partial charge in [-0.05, 0) is 174 Å². The van der Waals surface area contributed by atoms with Gasteiger partial charge >= 0.3 is 0 Å². The fraction of sp³-hybridized carbons (Fsp3) is 0.216. The molecule has 0 bridgehead atoms. The number of hydrogen-bond acceptors (Lipinski definition) is 1. The summed E-state index contributed by atoms with van der Waals surface area (Å²) in [6.45, 7) is 28.8. The Morgan fingerprint density at radius 2 is 0.893 bits per heavy atom. The molecule has 378 valence electrons. The molecule has 0 fully saturated rings. The van der Waals surface area contributed by atoms with Crippen LogP contribution in [0.5, 0.6) is 0 Å². The molecule has 1 aromatic heterocycles. The van der Waals surface area contributed by atoms with Crippen molar-refractivity contribution in [3.8, 4) is 33.4 Å². The summed E-state index contributed by atoms with van der Waals surface area (Å²) < 4.78 is 2.81. The zero-order valence-electron chi connectivity index (χ0n) is 46.8. The molecule has 0 amide bonds. The molecule has 12 rings (SSSR count). The molecule has 0 nitrogen and oxygen atoms in total. The zero-order chi connectivity index (χ0) is 53.4. The van der Waals surface area contributed by atoms with E-state index in [4.69, 9.17) is 0 Å². The molecule has 10 aromatic carbocycles. The smallest absolute Gasteiger partial charge is 0.0384 e. The molecule has 0 aliphatic heterocycles. The number of benzene rings is 10. The summed E-state index contributed by atoms with van der Waals surface area (Å²) in [4.78, 5) is 0. The molecule has 0 atom stereocenters. The number of rotatable bonds is 4. The van der Waals surface area contributed by atoms with E-state index in [2.05, 4.69) is 278 Å². The second kappa shape index (κ2) is 23.9. The average Bonchev–Trinajstić information content (AvgIpc) is 3.91. The van der Waals surface area contributed by atoms with Crippen LogP contribution in [0.1, 0.15) is 107 Å². The maximum atomic E-state index is 2.40. The van der Waals surface area contributed by atoms with Crippen LogP contribution in [0.2, 0.25) is 0 Å². The predicted molar refractivity (Wildman–Crippen MR) is 332 cm³/mol. The molecule has 1 heterocycles. The third-order valence-electron chi connectivity index (χ3n) is 15.1. The first-order chi connectivity index (χ1) is 36.1. The summed E-state index contributed by atoms with van der Waals surface area (Å²) in [5.74, 6) is 0.597. The van der Waals surface area contributed by atoms with Crippen molar-refractivity contribution in [3.63, 3.8) is 0 Å². The summed E-state index contributed by atoms with van der Waals surface area (Å²) in [6.07, 6.45) is 1.11. The Balaban J connectivity index is 0.000000128. The van der Waals surface area contributed by atoms with Crippen molar-refractivity contribution in [2.24, 2.45) is 0 Å². The summed E-state index contributed by atoms with van der Waals surface area (Å²) >= 11 is 1.89. The van der Waals surface area contributed by atoms with Gasteiger partial charge in [0, 0.05) is 25.6 Å². The highest BCUT2D eigenvalue weighted by Gasteiger charge is 2.36. The van der Waals surface area contributed by atoms with Gasteiger partial charge in [-0.15, -0.1) is 11.3 Å². The van der Waals surface area contributed by atoms with Crippen LogP contribution in [0.25, 0.3) is 64.3 Å². The van der Waals surface area contributed by atoms with Gasteiger partial charge in [-0.25, -0.2) is 0 Å². The minimum absolute atomic E-state index is 0.0888. The van der Waals surface area contributed by atoms with Gasteiger partial charge in [-0.3, -0.25) is 0 Å². The minimum atomic E-state index is 0.0888. The Hall–Kier alpha value is -7.32. The first-order valence-corrected chi connectivity index (χ1v) is 27.7. The number of fused-ring (bicyclic) bond motifs is 8. The average molecular weight is 997 g/mol. The van der Waals surface area contributed by atoms with Crippen LogP contribution in [0.15, 0.2) is 206 Å². The molecular formula is C74H76S. The van der Waals surface area contributed by atoms with Crippen LogP contribution in [-0.4, -0.2) is 0 Å². The van der Waals surface area contributed by atoms with Crippen molar-refractivity contribution in [3.05, 3.63) is 273 Å². The monoisotopic (exact) mass is 997 g/mol. The van der Waals surface area contributed by atoms with Crippen LogP contribution in [0, 0.1) is 55.4 Å². The Labute approximate surface area is 453 Å². The van der Waals surface area contributed by atoms with Crippen LogP contribution >= 0.6 is 11.3 Å². The van der Waals surface area contributed by atoms with Crippen molar-refractivity contribution in [1.82, 2.24) is 0 Å².